The Bertz CT molecular complexity index is 573. The lowest BCUT2D eigenvalue weighted by atomic mass is 9.96. The maximum atomic E-state index is 14.4. The number of halogens is 2. The van der Waals surface area contributed by atoms with Crippen LogP contribution in [0.5, 0.6) is 0 Å². The third-order valence-electron chi connectivity index (χ3n) is 3.91. The molecule has 0 saturated carbocycles. The maximum absolute atomic E-state index is 14.4. The molecule has 1 aliphatic rings. The van der Waals surface area contributed by atoms with Crippen LogP contribution in [0.3, 0.4) is 0 Å². The summed E-state index contributed by atoms with van der Waals surface area (Å²) in [6.45, 7) is 7.03. The van der Waals surface area contributed by atoms with Gasteiger partial charge in [-0.25, -0.2) is 9.48 Å². The second-order valence-corrected chi connectivity index (χ2v) is 6.68. The molecule has 0 saturated heterocycles. The number of carbonyl (C=O) groups is 1. The minimum atomic E-state index is -3.04. The molecule has 0 bridgehead atoms. The van der Waals surface area contributed by atoms with Gasteiger partial charge in [-0.05, 0) is 47.0 Å². The molecule has 1 heterocycles. The van der Waals surface area contributed by atoms with Crippen molar-refractivity contribution in [1.29, 1.82) is 0 Å². The average molecular weight is 345 g/mol. The van der Waals surface area contributed by atoms with Crippen molar-refractivity contribution in [3.63, 3.8) is 0 Å². The molecule has 0 fully saturated rings. The van der Waals surface area contributed by atoms with Gasteiger partial charge in [0.15, 0.2) is 5.69 Å². The summed E-state index contributed by atoms with van der Waals surface area (Å²) in [5, 5.41) is 7.59. The van der Waals surface area contributed by atoms with E-state index in [2.05, 4.69) is 10.3 Å². The number of rotatable bonds is 5. The van der Waals surface area contributed by atoms with E-state index < -0.39 is 18.0 Å². The van der Waals surface area contributed by atoms with Crippen LogP contribution >= 0.6 is 0 Å². The first kappa shape index (κ1) is 18.8. The van der Waals surface area contributed by atoms with E-state index in [1.807, 2.05) is 13.8 Å². The van der Waals surface area contributed by atoms with Crippen molar-refractivity contribution in [3.8, 4) is 0 Å². The van der Waals surface area contributed by atoms with E-state index in [4.69, 9.17) is 9.47 Å². The molecule has 6 nitrogen and oxygen atoms in total. The van der Waals surface area contributed by atoms with Gasteiger partial charge in [-0.15, -0.1) is 5.10 Å². The largest absolute Gasteiger partial charge is 0.461 e. The molecule has 1 atom stereocenters. The van der Waals surface area contributed by atoms with E-state index in [-0.39, 0.29) is 37.3 Å². The van der Waals surface area contributed by atoms with Gasteiger partial charge in [0, 0.05) is 12.5 Å². The summed E-state index contributed by atoms with van der Waals surface area (Å²) in [5.74, 6) is -3.52. The highest BCUT2D eigenvalue weighted by Gasteiger charge is 2.40. The van der Waals surface area contributed by atoms with E-state index in [0.717, 1.165) is 0 Å². The van der Waals surface area contributed by atoms with Crippen LogP contribution in [0.2, 0.25) is 0 Å². The predicted molar refractivity (Wildman–Crippen MR) is 82.8 cm³/mol. The number of fused-ring (bicyclic) bond motifs is 1. The summed E-state index contributed by atoms with van der Waals surface area (Å²) in [6.07, 6.45) is 0.0745. The van der Waals surface area contributed by atoms with Crippen molar-refractivity contribution < 1.29 is 23.0 Å². The molecule has 0 spiro atoms. The maximum Gasteiger partial charge on any atom is 0.332 e. The number of ether oxygens (including phenoxy) is 2. The molecular formula is C16H25F2N3O3. The molecule has 24 heavy (non-hydrogen) atoms. The summed E-state index contributed by atoms with van der Waals surface area (Å²) in [6, 6.07) is -0.0446. The Balaban J connectivity index is 2.06. The quantitative estimate of drug-likeness (QED) is 0.768. The number of carbonyl (C=O) groups excluding carboxylic acids is 1. The van der Waals surface area contributed by atoms with Crippen molar-refractivity contribution >= 4 is 5.97 Å². The normalized spacial score (nSPS) is 20.6. The van der Waals surface area contributed by atoms with Gasteiger partial charge in [0.2, 0.25) is 0 Å². The lowest BCUT2D eigenvalue weighted by Crippen LogP contribution is -2.28. The molecule has 8 heteroatoms. The molecule has 1 aliphatic carbocycles. The van der Waals surface area contributed by atoms with Crippen molar-refractivity contribution in [2.75, 3.05) is 6.61 Å². The van der Waals surface area contributed by atoms with Crippen molar-refractivity contribution in [3.05, 3.63) is 11.4 Å². The zero-order chi connectivity index (χ0) is 17.9. The fraction of sp³-hybridized carbons (Fsp3) is 0.812. The zero-order valence-corrected chi connectivity index (χ0v) is 14.6. The van der Waals surface area contributed by atoms with Gasteiger partial charge in [-0.3, -0.25) is 0 Å². The fourth-order valence-electron chi connectivity index (χ4n) is 2.80. The predicted octanol–water partition coefficient (Wildman–Crippen LogP) is 3.01. The fourth-order valence-corrected chi connectivity index (χ4v) is 2.80. The van der Waals surface area contributed by atoms with Crippen LogP contribution in [0.1, 0.15) is 64.4 Å². The van der Waals surface area contributed by atoms with E-state index in [1.165, 1.54) is 0 Å². The van der Waals surface area contributed by atoms with Gasteiger partial charge in [0.25, 0.3) is 5.92 Å². The summed E-state index contributed by atoms with van der Waals surface area (Å²) in [7, 11) is 0. The SMILES string of the molecule is CC(C)OC(=O)COC1CCc2c(nnn2C(C)C)C(F)(F)CC1. The van der Waals surface area contributed by atoms with Gasteiger partial charge in [-0.2, -0.15) is 8.78 Å². The molecule has 0 radical (unpaired) electrons. The monoisotopic (exact) mass is 345 g/mol. The first-order chi connectivity index (χ1) is 11.2. The number of esters is 1. The molecule has 136 valence electrons. The molecule has 2 rings (SSSR count). The number of alkyl halides is 2. The Morgan fingerprint density at radius 2 is 2.04 bits per heavy atom. The van der Waals surface area contributed by atoms with Crippen LogP contribution < -0.4 is 0 Å². The minimum absolute atomic E-state index is 0.0446. The van der Waals surface area contributed by atoms with E-state index in [1.54, 1.807) is 18.5 Å². The minimum Gasteiger partial charge on any atom is -0.461 e. The third-order valence-corrected chi connectivity index (χ3v) is 3.91. The summed E-state index contributed by atoms with van der Waals surface area (Å²) in [4.78, 5) is 11.6. The summed E-state index contributed by atoms with van der Waals surface area (Å²) >= 11 is 0. The van der Waals surface area contributed by atoms with Crippen LogP contribution in [-0.4, -0.2) is 39.8 Å². The molecule has 0 aromatic carbocycles. The number of aromatic nitrogens is 3. The standard InChI is InChI=1S/C16H25F2N3O3/c1-10(2)21-13-6-5-12(23-9-14(22)24-11(3)4)7-8-16(17,18)15(13)19-20-21/h10-12H,5-9H2,1-4H3. The highest BCUT2D eigenvalue weighted by molar-refractivity contribution is 5.70. The van der Waals surface area contributed by atoms with Crippen molar-refractivity contribution in [2.45, 2.75) is 77.6 Å². The topological polar surface area (TPSA) is 66.2 Å². The van der Waals surface area contributed by atoms with E-state index in [0.29, 0.717) is 18.5 Å². The smallest absolute Gasteiger partial charge is 0.332 e. The van der Waals surface area contributed by atoms with Crippen LogP contribution in [0, 0.1) is 0 Å². The molecule has 1 unspecified atom stereocenters. The Morgan fingerprint density at radius 3 is 2.67 bits per heavy atom. The Hall–Kier alpha value is -1.57. The Kier molecular flexibility index (Phi) is 5.90. The molecule has 1 aromatic rings. The first-order valence-corrected chi connectivity index (χ1v) is 8.34. The first-order valence-electron chi connectivity index (χ1n) is 8.34. The Morgan fingerprint density at radius 1 is 1.33 bits per heavy atom. The highest BCUT2D eigenvalue weighted by atomic mass is 19.3. The van der Waals surface area contributed by atoms with Gasteiger partial charge >= 0.3 is 5.97 Å². The third kappa shape index (κ3) is 4.49. The number of nitrogens with zero attached hydrogens (tertiary/aromatic N) is 3. The van der Waals surface area contributed by atoms with Gasteiger partial charge < -0.3 is 9.47 Å². The molecular weight excluding hydrogens is 320 g/mol. The number of hydrogen-bond acceptors (Lipinski definition) is 5. The second-order valence-electron chi connectivity index (χ2n) is 6.68. The van der Waals surface area contributed by atoms with Crippen LogP contribution in [0.25, 0.3) is 0 Å². The van der Waals surface area contributed by atoms with Crippen LogP contribution in [0.15, 0.2) is 0 Å². The molecule has 1 aromatic heterocycles. The number of hydrogen-bond donors (Lipinski definition) is 0. The lowest BCUT2D eigenvalue weighted by molar-refractivity contribution is -0.155. The lowest BCUT2D eigenvalue weighted by Gasteiger charge is -2.25. The molecule has 0 aliphatic heterocycles. The molecule has 0 N–H and O–H groups in total. The summed E-state index contributed by atoms with van der Waals surface area (Å²) in [5.41, 5.74) is 0.224. The van der Waals surface area contributed by atoms with Gasteiger partial charge in [-0.1, -0.05) is 5.21 Å². The van der Waals surface area contributed by atoms with E-state index >= 15 is 0 Å². The summed E-state index contributed by atoms with van der Waals surface area (Å²) < 4.78 is 40.8. The Labute approximate surface area is 140 Å². The van der Waals surface area contributed by atoms with Crippen LogP contribution in [0.4, 0.5) is 8.78 Å². The van der Waals surface area contributed by atoms with Crippen molar-refractivity contribution in [1.82, 2.24) is 15.0 Å². The van der Waals surface area contributed by atoms with Crippen LogP contribution in [-0.2, 0) is 26.6 Å². The zero-order valence-electron chi connectivity index (χ0n) is 14.6. The molecule has 0 amide bonds. The average Bonchev–Trinajstić information content (AvgIpc) is 2.88. The highest BCUT2D eigenvalue weighted by Crippen LogP contribution is 2.37. The van der Waals surface area contributed by atoms with Gasteiger partial charge in [0.1, 0.15) is 6.61 Å². The van der Waals surface area contributed by atoms with Gasteiger partial charge in [0.05, 0.1) is 17.9 Å². The second kappa shape index (κ2) is 7.55. The van der Waals surface area contributed by atoms with E-state index in [9.17, 15) is 13.6 Å². The van der Waals surface area contributed by atoms with Crippen molar-refractivity contribution in [2.24, 2.45) is 0 Å².